The van der Waals surface area contributed by atoms with Crippen LogP contribution in [-0.4, -0.2) is 40.6 Å². The third kappa shape index (κ3) is 2.28. The van der Waals surface area contributed by atoms with Gasteiger partial charge in [-0.3, -0.25) is 9.11 Å². The van der Waals surface area contributed by atoms with E-state index in [-0.39, 0.29) is 6.10 Å². The standard InChI is InChI=1S/C17H23NO2S/c1-2-6-18-7-8-20-17-14-11-16-13(5-9-21(16)19)10-12(14)3-4-15(17)18/h10-11,15,17H,2-9H2,1H3/t15-,17-,21?/m0/s1. The highest BCUT2D eigenvalue weighted by Gasteiger charge is 2.38. The van der Waals surface area contributed by atoms with E-state index in [4.69, 9.17) is 4.74 Å². The minimum absolute atomic E-state index is 0.192. The largest absolute Gasteiger partial charge is 0.371 e. The van der Waals surface area contributed by atoms with E-state index in [0.29, 0.717) is 6.04 Å². The summed E-state index contributed by atoms with van der Waals surface area (Å²) >= 11 is 0. The van der Waals surface area contributed by atoms with Crippen LogP contribution < -0.4 is 0 Å². The van der Waals surface area contributed by atoms with Crippen molar-refractivity contribution >= 4 is 10.8 Å². The molecule has 0 bridgehead atoms. The lowest BCUT2D eigenvalue weighted by Crippen LogP contribution is -2.49. The smallest absolute Gasteiger partial charge is 0.0983 e. The molecule has 4 heteroatoms. The van der Waals surface area contributed by atoms with Gasteiger partial charge in [-0.25, -0.2) is 0 Å². The van der Waals surface area contributed by atoms with Gasteiger partial charge in [0.2, 0.25) is 0 Å². The van der Waals surface area contributed by atoms with E-state index in [1.54, 1.807) is 0 Å². The minimum atomic E-state index is -0.789. The summed E-state index contributed by atoms with van der Waals surface area (Å²) in [5, 5.41) is 0. The highest BCUT2D eigenvalue weighted by atomic mass is 32.2. The van der Waals surface area contributed by atoms with E-state index < -0.39 is 10.8 Å². The molecule has 1 saturated heterocycles. The SMILES string of the molecule is CCCN1CCO[C@H]2c3cc4c(cc3CC[C@@H]21)CCS4=O. The summed E-state index contributed by atoms with van der Waals surface area (Å²) in [5.41, 5.74) is 4.07. The first-order chi connectivity index (χ1) is 10.3. The van der Waals surface area contributed by atoms with E-state index in [1.165, 1.54) is 29.5 Å². The van der Waals surface area contributed by atoms with Gasteiger partial charge in [0.05, 0.1) is 23.5 Å². The fourth-order valence-electron chi connectivity index (χ4n) is 4.16. The molecule has 2 aliphatic heterocycles. The van der Waals surface area contributed by atoms with Crippen LogP contribution in [0.1, 0.15) is 42.6 Å². The Morgan fingerprint density at radius 2 is 2.24 bits per heavy atom. The molecule has 4 rings (SSSR count). The molecule has 1 fully saturated rings. The van der Waals surface area contributed by atoms with E-state index in [2.05, 4.69) is 24.0 Å². The molecule has 3 nitrogen and oxygen atoms in total. The highest BCUT2D eigenvalue weighted by molar-refractivity contribution is 7.85. The third-order valence-corrected chi connectivity index (χ3v) is 6.59. The van der Waals surface area contributed by atoms with Crippen LogP contribution in [0.3, 0.4) is 0 Å². The Bertz CT molecular complexity index is 584. The van der Waals surface area contributed by atoms with Gasteiger partial charge >= 0.3 is 0 Å². The molecule has 0 spiro atoms. The van der Waals surface area contributed by atoms with Gasteiger partial charge in [0.25, 0.3) is 0 Å². The van der Waals surface area contributed by atoms with Gasteiger partial charge in [0.1, 0.15) is 0 Å². The molecule has 114 valence electrons. The van der Waals surface area contributed by atoms with Crippen LogP contribution in [0.4, 0.5) is 0 Å². The molecule has 3 atom stereocenters. The van der Waals surface area contributed by atoms with Gasteiger partial charge in [-0.15, -0.1) is 0 Å². The molecule has 0 saturated carbocycles. The van der Waals surface area contributed by atoms with Crippen LogP contribution in [-0.2, 0) is 28.4 Å². The molecule has 2 heterocycles. The summed E-state index contributed by atoms with van der Waals surface area (Å²) in [4.78, 5) is 3.67. The second kappa shape index (κ2) is 5.49. The molecule has 0 N–H and O–H groups in total. The fourth-order valence-corrected chi connectivity index (χ4v) is 5.49. The Labute approximate surface area is 129 Å². The fraction of sp³-hybridized carbons (Fsp3) is 0.647. The van der Waals surface area contributed by atoms with Crippen molar-refractivity contribution < 1.29 is 8.95 Å². The van der Waals surface area contributed by atoms with Crippen LogP contribution in [0.15, 0.2) is 17.0 Å². The van der Waals surface area contributed by atoms with Crippen LogP contribution in [0, 0.1) is 0 Å². The number of fused-ring (bicyclic) bond motifs is 4. The topological polar surface area (TPSA) is 29.5 Å². The molecule has 1 aliphatic carbocycles. The van der Waals surface area contributed by atoms with Crippen molar-refractivity contribution in [3.8, 4) is 0 Å². The number of ether oxygens (including phenoxy) is 1. The van der Waals surface area contributed by atoms with Gasteiger partial charge in [0, 0.05) is 23.2 Å². The summed E-state index contributed by atoms with van der Waals surface area (Å²) in [6, 6.07) is 5.03. The predicted octanol–water partition coefficient (Wildman–Crippen LogP) is 2.45. The Morgan fingerprint density at radius 1 is 1.33 bits per heavy atom. The molecule has 1 aromatic carbocycles. The van der Waals surface area contributed by atoms with Crippen molar-refractivity contribution in [3.05, 3.63) is 28.8 Å². The zero-order valence-electron chi connectivity index (χ0n) is 12.6. The van der Waals surface area contributed by atoms with E-state index in [0.717, 1.165) is 43.2 Å². The third-order valence-electron chi connectivity index (χ3n) is 5.15. The average molecular weight is 305 g/mol. The summed E-state index contributed by atoms with van der Waals surface area (Å²) in [7, 11) is -0.789. The number of benzene rings is 1. The van der Waals surface area contributed by atoms with Crippen molar-refractivity contribution in [2.24, 2.45) is 0 Å². The van der Waals surface area contributed by atoms with Gasteiger partial charge in [-0.2, -0.15) is 0 Å². The Kier molecular flexibility index (Phi) is 3.64. The van der Waals surface area contributed by atoms with Crippen LogP contribution in [0.5, 0.6) is 0 Å². The van der Waals surface area contributed by atoms with Gasteiger partial charge in [-0.05, 0) is 55.0 Å². The van der Waals surface area contributed by atoms with Crippen LogP contribution in [0.25, 0.3) is 0 Å². The second-order valence-corrected chi connectivity index (χ2v) is 7.93. The van der Waals surface area contributed by atoms with Gasteiger partial charge < -0.3 is 4.74 Å². The zero-order chi connectivity index (χ0) is 14.4. The lowest BCUT2D eigenvalue weighted by atomic mass is 9.83. The minimum Gasteiger partial charge on any atom is -0.371 e. The van der Waals surface area contributed by atoms with E-state index in [9.17, 15) is 4.21 Å². The number of nitrogens with zero attached hydrogens (tertiary/aromatic N) is 1. The molecular formula is C17H23NO2S. The monoisotopic (exact) mass is 305 g/mol. The number of aryl methyl sites for hydroxylation is 2. The number of hydrogen-bond donors (Lipinski definition) is 0. The average Bonchev–Trinajstić information content (AvgIpc) is 2.86. The van der Waals surface area contributed by atoms with Crippen molar-refractivity contribution in [2.45, 2.75) is 49.6 Å². The predicted molar refractivity (Wildman–Crippen MR) is 84.1 cm³/mol. The zero-order valence-corrected chi connectivity index (χ0v) is 13.5. The Morgan fingerprint density at radius 3 is 3.10 bits per heavy atom. The Hall–Kier alpha value is -0.710. The summed E-state index contributed by atoms with van der Waals surface area (Å²) in [6.07, 6.45) is 4.70. The maximum atomic E-state index is 12.1. The summed E-state index contributed by atoms with van der Waals surface area (Å²) in [6.45, 7) is 5.29. The van der Waals surface area contributed by atoms with Gasteiger partial charge in [0.15, 0.2) is 0 Å². The summed E-state index contributed by atoms with van der Waals surface area (Å²) < 4.78 is 18.3. The normalized spacial score (nSPS) is 31.6. The molecule has 0 aromatic heterocycles. The van der Waals surface area contributed by atoms with Crippen LogP contribution >= 0.6 is 0 Å². The highest BCUT2D eigenvalue weighted by Crippen LogP contribution is 2.40. The molecular weight excluding hydrogens is 282 g/mol. The van der Waals surface area contributed by atoms with E-state index >= 15 is 0 Å². The van der Waals surface area contributed by atoms with Crippen molar-refractivity contribution in [2.75, 3.05) is 25.4 Å². The first kappa shape index (κ1) is 13.9. The van der Waals surface area contributed by atoms with Crippen LogP contribution in [0.2, 0.25) is 0 Å². The molecule has 0 radical (unpaired) electrons. The molecule has 1 unspecified atom stereocenters. The quantitative estimate of drug-likeness (QED) is 0.840. The number of rotatable bonds is 2. The van der Waals surface area contributed by atoms with Crippen molar-refractivity contribution in [1.82, 2.24) is 4.90 Å². The maximum Gasteiger partial charge on any atom is 0.0983 e. The Balaban J connectivity index is 1.72. The molecule has 3 aliphatic rings. The number of hydrogen-bond acceptors (Lipinski definition) is 3. The van der Waals surface area contributed by atoms with Gasteiger partial charge in [-0.1, -0.05) is 13.0 Å². The first-order valence-corrected chi connectivity index (χ1v) is 9.49. The number of morpholine rings is 1. The first-order valence-electron chi connectivity index (χ1n) is 8.17. The lowest BCUT2D eigenvalue weighted by Gasteiger charge is -2.44. The van der Waals surface area contributed by atoms with Crippen molar-refractivity contribution in [3.63, 3.8) is 0 Å². The molecule has 1 aromatic rings. The maximum absolute atomic E-state index is 12.1. The second-order valence-electron chi connectivity index (χ2n) is 6.39. The van der Waals surface area contributed by atoms with Crippen molar-refractivity contribution in [1.29, 1.82) is 0 Å². The lowest BCUT2D eigenvalue weighted by molar-refractivity contribution is -0.0802. The van der Waals surface area contributed by atoms with E-state index in [1.807, 2.05) is 0 Å². The molecule has 0 amide bonds. The molecule has 21 heavy (non-hydrogen) atoms. The summed E-state index contributed by atoms with van der Waals surface area (Å²) in [5.74, 6) is 0.801.